The van der Waals surface area contributed by atoms with Crippen LogP contribution in [0.25, 0.3) is 10.9 Å². The molecule has 2 aromatic heterocycles. The van der Waals surface area contributed by atoms with Crippen molar-refractivity contribution in [1.29, 1.82) is 0 Å². The van der Waals surface area contributed by atoms with Gasteiger partial charge in [0, 0.05) is 29.3 Å². The van der Waals surface area contributed by atoms with Crippen LogP contribution in [0.2, 0.25) is 5.15 Å². The van der Waals surface area contributed by atoms with Gasteiger partial charge in [-0.3, -0.25) is 4.98 Å². The third kappa shape index (κ3) is 1.92. The first-order valence-electron chi connectivity index (χ1n) is 6.90. The van der Waals surface area contributed by atoms with E-state index in [9.17, 15) is 0 Å². The largest absolute Gasteiger partial charge is 0.317 e. The zero-order valence-corrected chi connectivity index (χ0v) is 11.5. The molecule has 1 aliphatic carbocycles. The van der Waals surface area contributed by atoms with Crippen LogP contribution in [0.4, 0.5) is 0 Å². The van der Waals surface area contributed by atoms with Gasteiger partial charge in [0.2, 0.25) is 0 Å². The fraction of sp³-hybridized carbons (Fsp3) is 0.467. The van der Waals surface area contributed by atoms with Gasteiger partial charge in [0.15, 0.2) is 0 Å². The number of pyridine rings is 2. The lowest BCUT2D eigenvalue weighted by molar-refractivity contribution is 0.341. The van der Waals surface area contributed by atoms with Gasteiger partial charge < -0.3 is 5.32 Å². The van der Waals surface area contributed by atoms with Crippen LogP contribution in [0.3, 0.4) is 0 Å². The highest BCUT2D eigenvalue weighted by molar-refractivity contribution is 6.29. The van der Waals surface area contributed by atoms with E-state index in [1.807, 2.05) is 6.07 Å². The molecule has 1 atom stereocenters. The molecule has 1 unspecified atom stereocenters. The topological polar surface area (TPSA) is 37.8 Å². The van der Waals surface area contributed by atoms with E-state index in [4.69, 9.17) is 16.6 Å². The van der Waals surface area contributed by atoms with Gasteiger partial charge in [-0.15, -0.1) is 0 Å². The summed E-state index contributed by atoms with van der Waals surface area (Å²) in [6.07, 6.45) is 5.66. The SMILES string of the molecule is Clc1cc2nc(C3CC34CCNCC4)ccc2cn1. The number of fused-ring (bicyclic) bond motifs is 1. The third-order valence-electron chi connectivity index (χ3n) is 4.71. The van der Waals surface area contributed by atoms with E-state index < -0.39 is 0 Å². The van der Waals surface area contributed by atoms with Crippen molar-refractivity contribution in [3.8, 4) is 0 Å². The summed E-state index contributed by atoms with van der Waals surface area (Å²) in [5.41, 5.74) is 2.73. The highest BCUT2D eigenvalue weighted by Gasteiger charge is 2.55. The fourth-order valence-electron chi connectivity index (χ4n) is 3.44. The van der Waals surface area contributed by atoms with Crippen LogP contribution < -0.4 is 5.32 Å². The number of piperidine rings is 1. The summed E-state index contributed by atoms with van der Waals surface area (Å²) in [5.74, 6) is 0.644. The van der Waals surface area contributed by atoms with Crippen LogP contribution in [0.5, 0.6) is 0 Å². The Kier molecular flexibility index (Phi) is 2.54. The molecule has 0 bridgehead atoms. The first kappa shape index (κ1) is 11.6. The molecule has 1 N–H and O–H groups in total. The summed E-state index contributed by atoms with van der Waals surface area (Å²) in [7, 11) is 0. The van der Waals surface area contributed by atoms with Gasteiger partial charge in [-0.2, -0.15) is 0 Å². The maximum Gasteiger partial charge on any atom is 0.131 e. The molecule has 4 rings (SSSR count). The standard InChI is InChI=1S/C15H16ClN3/c16-14-7-13-10(9-18-14)1-2-12(19-13)11-8-15(11)3-5-17-6-4-15/h1-2,7,9,11,17H,3-6,8H2. The summed E-state index contributed by atoms with van der Waals surface area (Å²) < 4.78 is 0. The normalized spacial score (nSPS) is 24.8. The van der Waals surface area contributed by atoms with Gasteiger partial charge in [0.05, 0.1) is 5.52 Å². The Morgan fingerprint density at radius 2 is 2.11 bits per heavy atom. The fourth-order valence-corrected chi connectivity index (χ4v) is 3.60. The second-order valence-corrected chi connectivity index (χ2v) is 6.19. The highest BCUT2D eigenvalue weighted by Crippen LogP contribution is 2.63. The molecule has 4 heteroatoms. The van der Waals surface area contributed by atoms with Crippen LogP contribution in [0.1, 0.15) is 30.9 Å². The summed E-state index contributed by atoms with van der Waals surface area (Å²) in [5, 5.41) is 5.02. The molecule has 1 spiro atoms. The number of hydrogen-bond acceptors (Lipinski definition) is 3. The van der Waals surface area contributed by atoms with Gasteiger partial charge in [0.1, 0.15) is 5.15 Å². The maximum atomic E-state index is 5.95. The van der Waals surface area contributed by atoms with E-state index in [1.165, 1.54) is 25.0 Å². The van der Waals surface area contributed by atoms with Crippen LogP contribution in [0, 0.1) is 5.41 Å². The minimum absolute atomic E-state index is 0.518. The molecule has 3 nitrogen and oxygen atoms in total. The van der Waals surface area contributed by atoms with Crippen molar-refractivity contribution >= 4 is 22.5 Å². The Morgan fingerprint density at radius 3 is 2.95 bits per heavy atom. The number of hydrogen-bond donors (Lipinski definition) is 1. The Morgan fingerprint density at radius 1 is 1.26 bits per heavy atom. The first-order chi connectivity index (χ1) is 9.27. The van der Waals surface area contributed by atoms with Crippen molar-refractivity contribution in [2.75, 3.05) is 13.1 Å². The minimum Gasteiger partial charge on any atom is -0.317 e. The van der Waals surface area contributed by atoms with Gasteiger partial charge >= 0.3 is 0 Å². The number of halogens is 1. The second kappa shape index (κ2) is 4.15. The van der Waals surface area contributed by atoms with Crippen molar-refractivity contribution in [3.05, 3.63) is 35.2 Å². The molecule has 1 saturated heterocycles. The summed E-state index contributed by atoms with van der Waals surface area (Å²) in [6, 6.07) is 6.14. The predicted octanol–water partition coefficient (Wildman–Crippen LogP) is 3.14. The molecule has 0 radical (unpaired) electrons. The van der Waals surface area contributed by atoms with Gasteiger partial charge in [-0.25, -0.2) is 4.98 Å². The lowest BCUT2D eigenvalue weighted by atomic mass is 9.91. The van der Waals surface area contributed by atoms with E-state index in [1.54, 1.807) is 6.20 Å². The van der Waals surface area contributed by atoms with Gasteiger partial charge in [0.25, 0.3) is 0 Å². The average molecular weight is 274 g/mol. The Labute approximate surface area is 117 Å². The van der Waals surface area contributed by atoms with E-state index in [-0.39, 0.29) is 0 Å². The van der Waals surface area contributed by atoms with Crippen LogP contribution in [-0.4, -0.2) is 23.1 Å². The van der Waals surface area contributed by atoms with Crippen molar-refractivity contribution in [3.63, 3.8) is 0 Å². The molecule has 0 amide bonds. The monoisotopic (exact) mass is 273 g/mol. The van der Waals surface area contributed by atoms with Crippen LogP contribution in [0.15, 0.2) is 24.4 Å². The van der Waals surface area contributed by atoms with Crippen molar-refractivity contribution in [1.82, 2.24) is 15.3 Å². The smallest absolute Gasteiger partial charge is 0.131 e. The van der Waals surface area contributed by atoms with E-state index in [0.29, 0.717) is 16.5 Å². The van der Waals surface area contributed by atoms with Gasteiger partial charge in [-0.05, 0) is 49.9 Å². The molecular formula is C15H16ClN3. The molecule has 98 valence electrons. The Hall–Kier alpha value is -1.19. The lowest BCUT2D eigenvalue weighted by Gasteiger charge is -2.23. The predicted molar refractivity (Wildman–Crippen MR) is 76.4 cm³/mol. The number of aromatic nitrogens is 2. The van der Waals surface area contributed by atoms with Crippen molar-refractivity contribution in [2.45, 2.75) is 25.2 Å². The molecule has 2 aliphatic rings. The third-order valence-corrected chi connectivity index (χ3v) is 4.91. The Balaban J connectivity index is 1.69. The van der Waals surface area contributed by atoms with Gasteiger partial charge in [-0.1, -0.05) is 11.6 Å². The van der Waals surface area contributed by atoms with Crippen LogP contribution >= 0.6 is 11.6 Å². The molecule has 2 aromatic rings. The van der Waals surface area contributed by atoms with Crippen molar-refractivity contribution in [2.24, 2.45) is 5.41 Å². The van der Waals surface area contributed by atoms with Crippen LogP contribution in [-0.2, 0) is 0 Å². The first-order valence-corrected chi connectivity index (χ1v) is 7.28. The molecule has 3 heterocycles. The van der Waals surface area contributed by atoms with Crippen molar-refractivity contribution < 1.29 is 0 Å². The lowest BCUT2D eigenvalue weighted by Crippen LogP contribution is -2.29. The Bertz CT molecular complexity index is 634. The highest BCUT2D eigenvalue weighted by atomic mass is 35.5. The molecule has 1 saturated carbocycles. The second-order valence-electron chi connectivity index (χ2n) is 5.80. The minimum atomic E-state index is 0.518. The molecule has 2 fully saturated rings. The molecule has 1 aliphatic heterocycles. The summed E-state index contributed by atoms with van der Waals surface area (Å²) in [6.45, 7) is 2.31. The average Bonchev–Trinajstić information content (AvgIpc) is 3.12. The summed E-state index contributed by atoms with van der Waals surface area (Å²) in [4.78, 5) is 8.90. The zero-order valence-electron chi connectivity index (χ0n) is 10.7. The molecule has 0 aromatic carbocycles. The van der Waals surface area contributed by atoms with E-state index in [0.717, 1.165) is 24.0 Å². The van der Waals surface area contributed by atoms with E-state index >= 15 is 0 Å². The number of nitrogens with one attached hydrogen (secondary N) is 1. The number of nitrogens with zero attached hydrogens (tertiary/aromatic N) is 2. The summed E-state index contributed by atoms with van der Waals surface area (Å²) >= 11 is 5.95. The van der Waals surface area contributed by atoms with E-state index in [2.05, 4.69) is 22.4 Å². The molecular weight excluding hydrogens is 258 g/mol. The maximum absolute atomic E-state index is 5.95. The zero-order chi connectivity index (χ0) is 12.9. The molecule has 19 heavy (non-hydrogen) atoms. The number of rotatable bonds is 1. The quantitative estimate of drug-likeness (QED) is 0.811.